The van der Waals surface area contributed by atoms with Gasteiger partial charge < -0.3 is 24.8 Å². The van der Waals surface area contributed by atoms with Crippen LogP contribution in [0.15, 0.2) is 42.6 Å². The maximum Gasteiger partial charge on any atom is 0.194 e. The van der Waals surface area contributed by atoms with Crippen molar-refractivity contribution < 1.29 is 38.0 Å². The molecule has 12 heteroatoms. The van der Waals surface area contributed by atoms with Crippen LogP contribution in [0.4, 0.5) is 13.2 Å². The number of hydrogen-bond acceptors (Lipinski definition) is 7. The minimum atomic E-state index is -1.58. The number of nitrogens with zero attached hydrogens (tertiary/aromatic N) is 3. The van der Waals surface area contributed by atoms with E-state index in [1.54, 1.807) is 0 Å². The Morgan fingerprint density at radius 1 is 1.19 bits per heavy atom. The number of thiol groups is 1. The third-order valence-electron chi connectivity index (χ3n) is 8.61. The summed E-state index contributed by atoms with van der Waals surface area (Å²) >= 11 is 0. The minimum Gasteiger partial charge on any atom is -0.395 e. The van der Waals surface area contributed by atoms with Crippen LogP contribution >= 0.6 is 10.9 Å². The Kier molecular flexibility index (Phi) is 8.77. The summed E-state index contributed by atoms with van der Waals surface area (Å²) in [6.07, 6.45) is 0.458. The van der Waals surface area contributed by atoms with Crippen molar-refractivity contribution in [1.82, 2.24) is 15.0 Å². The zero-order chi connectivity index (χ0) is 30.4. The summed E-state index contributed by atoms with van der Waals surface area (Å²) in [5.74, 6) is -3.86. The Bertz CT molecular complexity index is 1400. The van der Waals surface area contributed by atoms with E-state index in [-0.39, 0.29) is 17.9 Å². The number of aliphatic hydroxyl groups excluding tert-OH is 2. The molecule has 7 atom stereocenters. The number of rotatable bonds is 7. The van der Waals surface area contributed by atoms with Crippen LogP contribution in [0.25, 0.3) is 11.3 Å². The standard InChI is InChI=1S/C30H38F3N3O5S/c1-17-7-5-6-8-19(17)28(30(39)9-10-41-29(2,3)16-30)42-15-23(40-4)26(27(38)24(42)14-37)36-13-22(34-35-36)18-11-20(31)25(33)21(32)12-18/h5-8,11-13,23-24,26-28,37-39,42H,9-10,14-16H2,1-4H3/t23-,24+,26+,27-,28+,30+/m0/s1. The SMILES string of the molecule is CO[C@H]1C[SH]([C@H](c2ccccc2C)[C@@]2(O)CCOC(C)(C)C2)[C@H](CO)[C@H](O)[C@@H]1n1cc(-c2cc(F)c(F)c(F)c2)nn1. The fourth-order valence-corrected chi connectivity index (χ4v) is 10.6. The molecular formula is C30H38F3N3O5S. The molecule has 1 aromatic heterocycles. The van der Waals surface area contributed by atoms with Crippen molar-refractivity contribution in [3.63, 3.8) is 0 Å². The normalized spacial score (nSPS) is 31.1. The lowest BCUT2D eigenvalue weighted by atomic mass is 9.79. The number of halogens is 3. The van der Waals surface area contributed by atoms with E-state index in [4.69, 9.17) is 9.47 Å². The van der Waals surface area contributed by atoms with Crippen molar-refractivity contribution in [2.45, 2.75) is 73.6 Å². The van der Waals surface area contributed by atoms with Gasteiger partial charge in [0, 0.05) is 41.8 Å². The average molecular weight is 610 g/mol. The van der Waals surface area contributed by atoms with Crippen molar-refractivity contribution >= 4 is 10.9 Å². The van der Waals surface area contributed by atoms with Crippen molar-refractivity contribution in [3.05, 3.63) is 71.2 Å². The summed E-state index contributed by atoms with van der Waals surface area (Å²) in [4.78, 5) is 0. The molecule has 0 aliphatic carbocycles. The van der Waals surface area contributed by atoms with Crippen molar-refractivity contribution in [3.8, 4) is 11.3 Å². The maximum atomic E-state index is 13.9. The smallest absolute Gasteiger partial charge is 0.194 e. The lowest BCUT2D eigenvalue weighted by molar-refractivity contribution is -0.145. The van der Waals surface area contributed by atoms with Gasteiger partial charge in [0.25, 0.3) is 0 Å². The summed E-state index contributed by atoms with van der Waals surface area (Å²) in [5, 5.41) is 42.0. The molecule has 3 N–H and O–H groups in total. The zero-order valence-corrected chi connectivity index (χ0v) is 24.9. The molecule has 0 spiro atoms. The van der Waals surface area contributed by atoms with E-state index in [1.807, 2.05) is 45.0 Å². The van der Waals surface area contributed by atoms with Gasteiger partial charge in [-0.3, -0.25) is 0 Å². The first-order valence-electron chi connectivity index (χ1n) is 13.9. The van der Waals surface area contributed by atoms with E-state index in [9.17, 15) is 28.5 Å². The molecular weight excluding hydrogens is 571 g/mol. The molecule has 230 valence electrons. The first-order chi connectivity index (χ1) is 19.9. The van der Waals surface area contributed by atoms with Crippen LogP contribution in [-0.2, 0) is 9.47 Å². The topological polar surface area (TPSA) is 110 Å². The molecule has 0 bridgehead atoms. The Labute approximate surface area is 245 Å². The Morgan fingerprint density at radius 3 is 2.50 bits per heavy atom. The molecule has 2 aliphatic rings. The van der Waals surface area contributed by atoms with Gasteiger partial charge in [-0.05, 0) is 44.0 Å². The van der Waals surface area contributed by atoms with E-state index < -0.39 is 68.3 Å². The molecule has 2 fully saturated rings. The second-order valence-corrected chi connectivity index (χ2v) is 14.5. The van der Waals surface area contributed by atoms with Crippen LogP contribution in [0.1, 0.15) is 49.1 Å². The molecule has 3 heterocycles. The van der Waals surface area contributed by atoms with Gasteiger partial charge >= 0.3 is 0 Å². The molecule has 5 rings (SSSR count). The minimum absolute atomic E-state index is 0.0122. The Hall–Kier alpha value is -2.48. The molecule has 0 amide bonds. The molecule has 8 nitrogen and oxygen atoms in total. The third kappa shape index (κ3) is 5.72. The number of ether oxygens (including phenoxy) is 2. The summed E-state index contributed by atoms with van der Waals surface area (Å²) in [7, 11) is 0.235. The number of hydrogen-bond donors (Lipinski definition) is 4. The number of methoxy groups -OCH3 is 1. The highest BCUT2D eigenvalue weighted by Crippen LogP contribution is 2.61. The number of aromatic nitrogens is 3. The second-order valence-electron chi connectivity index (χ2n) is 11.9. The predicted octanol–water partition coefficient (Wildman–Crippen LogP) is 4.02. The van der Waals surface area contributed by atoms with Gasteiger partial charge in [-0.25, -0.2) is 28.7 Å². The van der Waals surface area contributed by atoms with Gasteiger partial charge in [-0.2, -0.15) is 0 Å². The largest absolute Gasteiger partial charge is 0.395 e. The van der Waals surface area contributed by atoms with Crippen molar-refractivity contribution in [2.75, 3.05) is 26.1 Å². The lowest BCUT2D eigenvalue weighted by Crippen LogP contribution is -2.55. The van der Waals surface area contributed by atoms with E-state index in [1.165, 1.54) is 18.0 Å². The molecule has 1 unspecified atom stereocenters. The van der Waals surface area contributed by atoms with E-state index in [0.717, 1.165) is 23.3 Å². The first kappa shape index (κ1) is 31.0. The highest BCUT2D eigenvalue weighted by atomic mass is 32.2. The predicted molar refractivity (Wildman–Crippen MR) is 154 cm³/mol. The molecule has 2 saturated heterocycles. The number of aliphatic hydroxyl groups is 3. The number of benzene rings is 2. The average Bonchev–Trinajstić information content (AvgIpc) is 3.41. The van der Waals surface area contributed by atoms with Crippen molar-refractivity contribution in [1.29, 1.82) is 0 Å². The van der Waals surface area contributed by atoms with E-state index in [2.05, 4.69) is 10.3 Å². The van der Waals surface area contributed by atoms with Crippen LogP contribution in [0.5, 0.6) is 0 Å². The number of aryl methyl sites for hydroxylation is 1. The van der Waals surface area contributed by atoms with Gasteiger partial charge in [-0.1, -0.05) is 29.5 Å². The quantitative estimate of drug-likeness (QED) is 0.237. The van der Waals surface area contributed by atoms with Gasteiger partial charge in [0.2, 0.25) is 0 Å². The van der Waals surface area contributed by atoms with Crippen LogP contribution in [0.3, 0.4) is 0 Å². The Morgan fingerprint density at radius 2 is 1.88 bits per heavy atom. The van der Waals surface area contributed by atoms with Crippen LogP contribution in [0.2, 0.25) is 0 Å². The van der Waals surface area contributed by atoms with E-state index >= 15 is 0 Å². The fourth-order valence-electron chi connectivity index (χ4n) is 6.69. The molecule has 0 radical (unpaired) electrons. The first-order valence-corrected chi connectivity index (χ1v) is 15.6. The summed E-state index contributed by atoms with van der Waals surface area (Å²) < 4.78 is 54.6. The highest BCUT2D eigenvalue weighted by Gasteiger charge is 2.54. The highest BCUT2D eigenvalue weighted by molar-refractivity contribution is 8.18. The maximum absolute atomic E-state index is 13.9. The van der Waals surface area contributed by atoms with Gasteiger partial charge in [-0.15, -0.1) is 5.10 Å². The van der Waals surface area contributed by atoms with Gasteiger partial charge in [0.15, 0.2) is 17.5 Å². The summed E-state index contributed by atoms with van der Waals surface area (Å²) in [6.45, 7) is 5.94. The lowest BCUT2D eigenvalue weighted by Gasteiger charge is -2.55. The van der Waals surface area contributed by atoms with Crippen LogP contribution in [-0.4, -0.2) is 85.0 Å². The second kappa shape index (κ2) is 11.9. The third-order valence-corrected chi connectivity index (χ3v) is 12.1. The van der Waals surface area contributed by atoms with E-state index in [0.29, 0.717) is 25.2 Å². The van der Waals surface area contributed by atoms with Crippen molar-refractivity contribution in [2.24, 2.45) is 0 Å². The monoisotopic (exact) mass is 609 g/mol. The summed E-state index contributed by atoms with van der Waals surface area (Å²) in [6, 6.07) is 8.74. The molecule has 2 aromatic carbocycles. The van der Waals surface area contributed by atoms with Crippen LogP contribution in [0, 0.1) is 24.4 Å². The molecule has 3 aromatic rings. The van der Waals surface area contributed by atoms with Crippen LogP contribution < -0.4 is 0 Å². The van der Waals surface area contributed by atoms with Gasteiger partial charge in [0.05, 0.1) is 42.8 Å². The Balaban J connectivity index is 1.54. The molecule has 0 saturated carbocycles. The fraction of sp³-hybridized carbons (Fsp3) is 0.533. The molecule has 2 aliphatic heterocycles. The summed E-state index contributed by atoms with van der Waals surface area (Å²) in [5.41, 5.74) is 0.318. The zero-order valence-electron chi connectivity index (χ0n) is 24.0. The molecule has 42 heavy (non-hydrogen) atoms. The van der Waals surface area contributed by atoms with Gasteiger partial charge in [0.1, 0.15) is 11.7 Å².